The molecule has 0 heterocycles. The Morgan fingerprint density at radius 1 is 1.25 bits per heavy atom. The Kier molecular flexibility index (Phi) is 4.52. The highest BCUT2D eigenvalue weighted by Gasteiger charge is 2.19. The van der Waals surface area contributed by atoms with Crippen LogP contribution in [0.2, 0.25) is 0 Å². The first kappa shape index (κ1) is 13.2. The fourth-order valence-electron chi connectivity index (χ4n) is 2.00. The highest BCUT2D eigenvalue weighted by molar-refractivity contribution is 5.34. The summed E-state index contributed by atoms with van der Waals surface area (Å²) in [5.74, 6) is -0.0523. The maximum Gasteiger partial charge on any atom is 0.126 e. The second kappa shape index (κ2) is 5.47. The van der Waals surface area contributed by atoms with E-state index >= 15 is 0 Å². The minimum atomic E-state index is -0.0523. The molecule has 0 saturated heterocycles. The van der Waals surface area contributed by atoms with Crippen LogP contribution >= 0.6 is 0 Å². The average molecular weight is 221 g/mol. The van der Waals surface area contributed by atoms with Crippen molar-refractivity contribution in [2.75, 3.05) is 0 Å². The van der Waals surface area contributed by atoms with Crippen molar-refractivity contribution in [2.45, 2.75) is 52.4 Å². The zero-order valence-electron chi connectivity index (χ0n) is 10.8. The molecule has 0 amide bonds. The number of hydrogen-bond donors (Lipinski definition) is 0. The summed E-state index contributed by atoms with van der Waals surface area (Å²) < 4.78 is 13.8. The Labute approximate surface area is 98.9 Å². The second-order valence-corrected chi connectivity index (χ2v) is 5.32. The lowest BCUT2D eigenvalue weighted by Gasteiger charge is -2.23. The van der Waals surface area contributed by atoms with Crippen molar-refractivity contribution < 1.29 is 4.39 Å². The molecule has 1 radical (unpaired) electrons. The Morgan fingerprint density at radius 3 is 2.50 bits per heavy atom. The first-order valence-electron chi connectivity index (χ1n) is 6.02. The van der Waals surface area contributed by atoms with Crippen LogP contribution in [0, 0.1) is 12.2 Å². The predicted molar refractivity (Wildman–Crippen MR) is 68.0 cm³/mol. The maximum atomic E-state index is 13.8. The summed E-state index contributed by atoms with van der Waals surface area (Å²) in [6, 6.07) is 5.43. The first-order valence-corrected chi connectivity index (χ1v) is 6.02. The highest BCUT2D eigenvalue weighted by atomic mass is 19.1. The molecule has 0 fully saturated rings. The topological polar surface area (TPSA) is 0 Å². The molecule has 1 aromatic carbocycles. The van der Waals surface area contributed by atoms with Gasteiger partial charge in [0.05, 0.1) is 0 Å². The molecule has 0 bridgehead atoms. The molecule has 0 aromatic heterocycles. The third-order valence-electron chi connectivity index (χ3n) is 2.85. The molecule has 0 aliphatic rings. The molecule has 0 unspecified atom stereocenters. The van der Waals surface area contributed by atoms with Crippen LogP contribution in [-0.2, 0) is 11.8 Å². The van der Waals surface area contributed by atoms with Crippen molar-refractivity contribution in [3.05, 3.63) is 41.6 Å². The first-order chi connectivity index (χ1) is 7.46. The SMILES string of the molecule is C[CH]CCCc1c(F)cccc1C(C)(C)C. The van der Waals surface area contributed by atoms with Crippen molar-refractivity contribution in [3.8, 4) is 0 Å². The molecule has 0 aliphatic heterocycles. The predicted octanol–water partition coefficient (Wildman–Crippen LogP) is 4.67. The third kappa shape index (κ3) is 3.33. The van der Waals surface area contributed by atoms with E-state index in [-0.39, 0.29) is 11.2 Å². The normalized spacial score (nSPS) is 11.8. The summed E-state index contributed by atoms with van der Waals surface area (Å²) in [6.07, 6.45) is 5.06. The summed E-state index contributed by atoms with van der Waals surface area (Å²) in [6.45, 7) is 8.46. The van der Waals surface area contributed by atoms with Crippen molar-refractivity contribution in [2.24, 2.45) is 0 Å². The van der Waals surface area contributed by atoms with Gasteiger partial charge in [-0.05, 0) is 41.9 Å². The van der Waals surface area contributed by atoms with Crippen molar-refractivity contribution in [1.82, 2.24) is 0 Å². The van der Waals surface area contributed by atoms with Crippen LogP contribution in [0.15, 0.2) is 18.2 Å². The van der Waals surface area contributed by atoms with Crippen LogP contribution in [0.5, 0.6) is 0 Å². The third-order valence-corrected chi connectivity index (χ3v) is 2.85. The van der Waals surface area contributed by atoms with Crippen LogP contribution in [0.4, 0.5) is 4.39 Å². The van der Waals surface area contributed by atoms with Gasteiger partial charge in [0.1, 0.15) is 5.82 Å². The standard InChI is InChI=1S/C15H22F/c1-5-6-7-9-12-13(15(2,3)4)10-8-11-14(12)16/h5,8,10-11H,6-7,9H2,1-4H3. The molecule has 1 heteroatoms. The molecule has 16 heavy (non-hydrogen) atoms. The summed E-state index contributed by atoms with van der Waals surface area (Å²) in [7, 11) is 0. The van der Waals surface area contributed by atoms with Crippen LogP contribution in [0.25, 0.3) is 0 Å². The van der Waals surface area contributed by atoms with E-state index in [0.717, 1.165) is 30.4 Å². The van der Waals surface area contributed by atoms with Crippen LogP contribution in [0.1, 0.15) is 51.7 Å². The molecule has 0 nitrogen and oxygen atoms in total. The molecular weight excluding hydrogens is 199 g/mol. The highest BCUT2D eigenvalue weighted by Crippen LogP contribution is 2.28. The number of unbranched alkanes of at least 4 members (excludes halogenated alkanes) is 2. The van der Waals surface area contributed by atoms with E-state index in [1.54, 1.807) is 6.07 Å². The molecule has 0 saturated carbocycles. The van der Waals surface area contributed by atoms with Gasteiger partial charge in [-0.3, -0.25) is 0 Å². The Balaban J connectivity index is 2.95. The van der Waals surface area contributed by atoms with Gasteiger partial charge in [-0.15, -0.1) is 0 Å². The fourth-order valence-corrected chi connectivity index (χ4v) is 2.00. The summed E-state index contributed by atoms with van der Waals surface area (Å²) in [5, 5.41) is 0. The molecule has 0 aliphatic carbocycles. The summed E-state index contributed by atoms with van der Waals surface area (Å²) in [5.41, 5.74) is 2.06. The zero-order chi connectivity index (χ0) is 12.2. The lowest BCUT2D eigenvalue weighted by molar-refractivity contribution is 0.550. The Bertz CT molecular complexity index is 334. The monoisotopic (exact) mass is 221 g/mol. The van der Waals surface area contributed by atoms with Crippen molar-refractivity contribution in [1.29, 1.82) is 0 Å². The van der Waals surface area contributed by atoms with E-state index in [9.17, 15) is 4.39 Å². The zero-order valence-corrected chi connectivity index (χ0v) is 10.8. The van der Waals surface area contributed by atoms with Crippen molar-refractivity contribution >= 4 is 0 Å². The molecule has 0 atom stereocenters. The lowest BCUT2D eigenvalue weighted by Crippen LogP contribution is -2.15. The van der Waals surface area contributed by atoms with Crippen molar-refractivity contribution in [3.63, 3.8) is 0 Å². The number of halogens is 1. The molecule has 1 aromatic rings. The van der Waals surface area contributed by atoms with Gasteiger partial charge in [-0.1, -0.05) is 46.2 Å². The Hall–Kier alpha value is -0.850. The van der Waals surface area contributed by atoms with E-state index < -0.39 is 0 Å². The van der Waals surface area contributed by atoms with Gasteiger partial charge in [-0.25, -0.2) is 4.39 Å². The van der Waals surface area contributed by atoms with E-state index in [1.807, 2.05) is 19.1 Å². The summed E-state index contributed by atoms with van der Waals surface area (Å²) >= 11 is 0. The van der Waals surface area contributed by atoms with E-state index in [4.69, 9.17) is 0 Å². The van der Waals surface area contributed by atoms with Gasteiger partial charge in [-0.2, -0.15) is 0 Å². The molecule has 89 valence electrons. The van der Waals surface area contributed by atoms with Crippen LogP contribution in [0.3, 0.4) is 0 Å². The lowest BCUT2D eigenvalue weighted by atomic mass is 9.82. The van der Waals surface area contributed by atoms with Crippen LogP contribution in [-0.4, -0.2) is 0 Å². The second-order valence-electron chi connectivity index (χ2n) is 5.32. The molecule has 0 N–H and O–H groups in total. The van der Waals surface area contributed by atoms with Crippen LogP contribution < -0.4 is 0 Å². The molecule has 0 spiro atoms. The minimum absolute atomic E-state index is 0.0212. The van der Waals surface area contributed by atoms with E-state index in [0.29, 0.717) is 0 Å². The summed E-state index contributed by atoms with van der Waals surface area (Å²) in [4.78, 5) is 0. The van der Waals surface area contributed by atoms with Gasteiger partial charge in [0, 0.05) is 0 Å². The Morgan fingerprint density at radius 2 is 1.94 bits per heavy atom. The van der Waals surface area contributed by atoms with Gasteiger partial charge < -0.3 is 0 Å². The maximum absolute atomic E-state index is 13.8. The smallest absolute Gasteiger partial charge is 0.126 e. The number of benzene rings is 1. The quantitative estimate of drug-likeness (QED) is 0.648. The van der Waals surface area contributed by atoms with E-state index in [2.05, 4.69) is 27.2 Å². The van der Waals surface area contributed by atoms with Gasteiger partial charge >= 0.3 is 0 Å². The van der Waals surface area contributed by atoms with Gasteiger partial charge in [0.25, 0.3) is 0 Å². The van der Waals surface area contributed by atoms with Gasteiger partial charge in [0.15, 0.2) is 0 Å². The number of rotatable bonds is 4. The minimum Gasteiger partial charge on any atom is -0.207 e. The fraction of sp³-hybridized carbons (Fsp3) is 0.533. The molecular formula is C15H22F. The van der Waals surface area contributed by atoms with E-state index in [1.165, 1.54) is 0 Å². The largest absolute Gasteiger partial charge is 0.207 e. The average Bonchev–Trinajstić information content (AvgIpc) is 2.19. The van der Waals surface area contributed by atoms with Gasteiger partial charge in [0.2, 0.25) is 0 Å². The number of hydrogen-bond acceptors (Lipinski definition) is 0. The molecule has 1 rings (SSSR count).